The molecule has 0 spiro atoms. The molecule has 0 unspecified atom stereocenters. The first-order valence-corrected chi connectivity index (χ1v) is 5.89. The van der Waals surface area contributed by atoms with Crippen molar-refractivity contribution >= 4 is 11.4 Å². The molecule has 17 heavy (non-hydrogen) atoms. The van der Waals surface area contributed by atoms with E-state index in [-0.39, 0.29) is 0 Å². The third-order valence-electron chi connectivity index (χ3n) is 2.81. The molecule has 0 radical (unpaired) electrons. The molecule has 0 saturated carbocycles. The molecular weight excluding hydrogens is 208 g/mol. The van der Waals surface area contributed by atoms with Crippen LogP contribution in [0.4, 0.5) is 11.4 Å². The molecule has 2 nitrogen and oxygen atoms in total. The largest absolute Gasteiger partial charge is 0.397 e. The van der Waals surface area contributed by atoms with E-state index in [1.165, 1.54) is 11.1 Å². The quantitative estimate of drug-likeness (QED) is 0.785. The molecule has 2 aromatic rings. The number of hydrogen-bond donors (Lipinski definition) is 2. The Labute approximate surface area is 102 Å². The summed E-state index contributed by atoms with van der Waals surface area (Å²) in [5.74, 6) is 0. The summed E-state index contributed by atoms with van der Waals surface area (Å²) in [5, 5.41) is 3.35. The van der Waals surface area contributed by atoms with Crippen molar-refractivity contribution in [2.24, 2.45) is 0 Å². The third kappa shape index (κ3) is 3.25. The maximum absolute atomic E-state index is 5.86. The highest BCUT2D eigenvalue weighted by Gasteiger charge is 1.97. The van der Waals surface area contributed by atoms with E-state index < -0.39 is 0 Å². The summed E-state index contributed by atoms with van der Waals surface area (Å²) < 4.78 is 0. The van der Waals surface area contributed by atoms with Crippen LogP contribution in [0, 0.1) is 6.92 Å². The topological polar surface area (TPSA) is 38.0 Å². The summed E-state index contributed by atoms with van der Waals surface area (Å²) >= 11 is 0. The second kappa shape index (κ2) is 5.39. The molecule has 0 fully saturated rings. The van der Waals surface area contributed by atoms with Crippen LogP contribution >= 0.6 is 0 Å². The standard InChI is InChI=1S/C15H18N2/c1-12-6-8-13(9-7-12)10-11-17-15-5-3-2-4-14(15)16/h2-9,17H,10-11,16H2,1H3. The van der Waals surface area contributed by atoms with E-state index in [1.54, 1.807) is 0 Å². The number of nitrogen functional groups attached to an aromatic ring is 1. The van der Waals surface area contributed by atoms with E-state index in [2.05, 4.69) is 36.5 Å². The number of nitrogens with one attached hydrogen (secondary N) is 1. The Morgan fingerprint density at radius 3 is 2.41 bits per heavy atom. The minimum atomic E-state index is 0.802. The maximum atomic E-state index is 5.86. The molecule has 2 aromatic carbocycles. The van der Waals surface area contributed by atoms with Crippen LogP contribution in [0.3, 0.4) is 0 Å². The summed E-state index contributed by atoms with van der Waals surface area (Å²) in [4.78, 5) is 0. The van der Waals surface area contributed by atoms with Gasteiger partial charge in [-0.2, -0.15) is 0 Å². The van der Waals surface area contributed by atoms with Crippen molar-refractivity contribution in [1.29, 1.82) is 0 Å². The Kier molecular flexibility index (Phi) is 3.66. The average molecular weight is 226 g/mol. The van der Waals surface area contributed by atoms with Gasteiger partial charge in [-0.1, -0.05) is 42.0 Å². The van der Waals surface area contributed by atoms with Crippen LogP contribution in [0.25, 0.3) is 0 Å². The highest BCUT2D eigenvalue weighted by Crippen LogP contribution is 2.16. The Morgan fingerprint density at radius 2 is 1.71 bits per heavy atom. The summed E-state index contributed by atoms with van der Waals surface area (Å²) in [6.07, 6.45) is 1.01. The Balaban J connectivity index is 1.88. The van der Waals surface area contributed by atoms with Gasteiger partial charge in [0.15, 0.2) is 0 Å². The molecule has 0 atom stereocenters. The summed E-state index contributed by atoms with van der Waals surface area (Å²) in [6.45, 7) is 3.00. The minimum Gasteiger partial charge on any atom is -0.397 e. The van der Waals surface area contributed by atoms with E-state index in [0.29, 0.717) is 0 Å². The highest BCUT2D eigenvalue weighted by atomic mass is 14.9. The van der Waals surface area contributed by atoms with Crippen LogP contribution in [-0.2, 0) is 6.42 Å². The SMILES string of the molecule is Cc1ccc(CCNc2ccccc2N)cc1. The van der Waals surface area contributed by atoms with Crippen molar-refractivity contribution < 1.29 is 0 Å². The van der Waals surface area contributed by atoms with Gasteiger partial charge < -0.3 is 11.1 Å². The van der Waals surface area contributed by atoms with Gasteiger partial charge in [0.25, 0.3) is 0 Å². The molecule has 88 valence electrons. The highest BCUT2D eigenvalue weighted by molar-refractivity contribution is 5.65. The molecule has 2 heteroatoms. The van der Waals surface area contributed by atoms with E-state index >= 15 is 0 Å². The lowest BCUT2D eigenvalue weighted by molar-refractivity contribution is 1.02. The van der Waals surface area contributed by atoms with Gasteiger partial charge in [0, 0.05) is 6.54 Å². The van der Waals surface area contributed by atoms with Crippen molar-refractivity contribution in [2.45, 2.75) is 13.3 Å². The fourth-order valence-electron chi connectivity index (χ4n) is 1.75. The molecule has 0 bridgehead atoms. The van der Waals surface area contributed by atoms with Crippen molar-refractivity contribution in [2.75, 3.05) is 17.6 Å². The minimum absolute atomic E-state index is 0.802. The van der Waals surface area contributed by atoms with Crippen LogP contribution < -0.4 is 11.1 Å². The molecule has 0 amide bonds. The first kappa shape index (κ1) is 11.5. The predicted molar refractivity (Wildman–Crippen MR) is 74.2 cm³/mol. The molecular formula is C15H18N2. The molecule has 0 aliphatic rings. The molecule has 0 aliphatic heterocycles. The van der Waals surface area contributed by atoms with Gasteiger partial charge in [0.2, 0.25) is 0 Å². The van der Waals surface area contributed by atoms with E-state index in [1.807, 2.05) is 24.3 Å². The lowest BCUT2D eigenvalue weighted by atomic mass is 10.1. The fraction of sp³-hybridized carbons (Fsp3) is 0.200. The van der Waals surface area contributed by atoms with Gasteiger partial charge in [-0.15, -0.1) is 0 Å². The zero-order valence-corrected chi connectivity index (χ0v) is 10.1. The van der Waals surface area contributed by atoms with Gasteiger partial charge in [-0.05, 0) is 31.0 Å². The van der Waals surface area contributed by atoms with Crippen molar-refractivity contribution in [3.8, 4) is 0 Å². The normalized spacial score (nSPS) is 10.2. The van der Waals surface area contributed by atoms with Gasteiger partial charge in [0.1, 0.15) is 0 Å². The van der Waals surface area contributed by atoms with Gasteiger partial charge in [-0.25, -0.2) is 0 Å². The summed E-state index contributed by atoms with van der Waals surface area (Å²) in [6, 6.07) is 16.5. The third-order valence-corrected chi connectivity index (χ3v) is 2.81. The number of hydrogen-bond acceptors (Lipinski definition) is 2. The maximum Gasteiger partial charge on any atom is 0.0574 e. The molecule has 0 aliphatic carbocycles. The zero-order chi connectivity index (χ0) is 12.1. The van der Waals surface area contributed by atoms with Crippen molar-refractivity contribution in [3.63, 3.8) is 0 Å². The Morgan fingerprint density at radius 1 is 1.00 bits per heavy atom. The molecule has 2 rings (SSSR count). The lowest BCUT2D eigenvalue weighted by Gasteiger charge is -2.09. The second-order valence-electron chi connectivity index (χ2n) is 4.25. The van der Waals surface area contributed by atoms with E-state index in [4.69, 9.17) is 5.73 Å². The van der Waals surface area contributed by atoms with Crippen LogP contribution in [0.15, 0.2) is 48.5 Å². The number of benzene rings is 2. The van der Waals surface area contributed by atoms with E-state index in [9.17, 15) is 0 Å². The van der Waals surface area contributed by atoms with Crippen molar-refractivity contribution in [3.05, 3.63) is 59.7 Å². The van der Waals surface area contributed by atoms with Crippen LogP contribution in [0.2, 0.25) is 0 Å². The zero-order valence-electron chi connectivity index (χ0n) is 10.1. The van der Waals surface area contributed by atoms with E-state index in [0.717, 1.165) is 24.3 Å². The Bertz CT molecular complexity index is 475. The molecule has 0 saturated heterocycles. The monoisotopic (exact) mass is 226 g/mol. The van der Waals surface area contributed by atoms with Crippen LogP contribution in [0.1, 0.15) is 11.1 Å². The second-order valence-corrected chi connectivity index (χ2v) is 4.25. The van der Waals surface area contributed by atoms with Gasteiger partial charge in [-0.3, -0.25) is 0 Å². The average Bonchev–Trinajstić information content (AvgIpc) is 2.34. The number of rotatable bonds is 4. The first-order valence-electron chi connectivity index (χ1n) is 5.89. The number of para-hydroxylation sites is 2. The molecule has 0 aromatic heterocycles. The number of nitrogens with two attached hydrogens (primary N) is 1. The Hall–Kier alpha value is -1.96. The first-order chi connectivity index (χ1) is 8.25. The number of anilines is 2. The smallest absolute Gasteiger partial charge is 0.0574 e. The summed E-state index contributed by atoms with van der Waals surface area (Å²) in [5.41, 5.74) is 10.3. The molecule has 0 heterocycles. The summed E-state index contributed by atoms with van der Waals surface area (Å²) in [7, 11) is 0. The fourth-order valence-corrected chi connectivity index (χ4v) is 1.75. The van der Waals surface area contributed by atoms with Gasteiger partial charge in [0.05, 0.1) is 11.4 Å². The van der Waals surface area contributed by atoms with Crippen molar-refractivity contribution in [1.82, 2.24) is 0 Å². The lowest BCUT2D eigenvalue weighted by Crippen LogP contribution is -2.06. The van der Waals surface area contributed by atoms with Gasteiger partial charge >= 0.3 is 0 Å². The predicted octanol–water partition coefficient (Wildman–Crippen LogP) is 3.23. The molecule has 3 N–H and O–H groups in total. The van der Waals surface area contributed by atoms with Crippen LogP contribution in [-0.4, -0.2) is 6.54 Å². The number of aryl methyl sites for hydroxylation is 1. The van der Waals surface area contributed by atoms with Crippen LogP contribution in [0.5, 0.6) is 0 Å².